The standard InChI is InChI=1S/C37H44N2O11S2/c1-2-37(29-22-31-33-26(21-25-7-3-5-9-30(25)38-33)23-39(31)34(41)28(29)24-49-35(37)42)50-36(43)48-19-17-46-15-13-44-12-14-45-16-18-47-32(40)10-6-4-8-27-11-20-51-52-27/h3,5,7,9,21-22,27H,2,4,6,8,10-20,23-24H2,1H3/t27-,37+/m1/s1. The van der Waals surface area contributed by atoms with E-state index in [0.717, 1.165) is 41.0 Å². The summed E-state index contributed by atoms with van der Waals surface area (Å²) in [5.74, 6) is 0.269. The number of ether oxygens (including phenoxy) is 7. The Hall–Kier alpha value is -3.63. The first-order valence-corrected chi connectivity index (χ1v) is 20.1. The molecule has 0 unspecified atom stereocenters. The van der Waals surface area contributed by atoms with Crippen LogP contribution in [-0.2, 0) is 61.5 Å². The molecule has 2 atom stereocenters. The van der Waals surface area contributed by atoms with Crippen LogP contribution in [0.25, 0.3) is 22.3 Å². The topological polar surface area (TPSA) is 151 Å². The van der Waals surface area contributed by atoms with Gasteiger partial charge in [0, 0.05) is 33.9 Å². The van der Waals surface area contributed by atoms with Crippen LogP contribution in [0.2, 0.25) is 0 Å². The van der Waals surface area contributed by atoms with Crippen molar-refractivity contribution in [3.05, 3.63) is 63.4 Å². The largest absolute Gasteiger partial charge is 0.509 e. The number of benzene rings is 1. The van der Waals surface area contributed by atoms with Crippen molar-refractivity contribution in [2.45, 2.75) is 69.5 Å². The molecule has 1 aromatic carbocycles. The molecule has 3 aromatic rings. The van der Waals surface area contributed by atoms with E-state index < -0.39 is 17.7 Å². The fourth-order valence-corrected chi connectivity index (χ4v) is 9.50. The molecule has 0 saturated carbocycles. The van der Waals surface area contributed by atoms with Crippen molar-refractivity contribution in [1.29, 1.82) is 0 Å². The lowest BCUT2D eigenvalue weighted by Gasteiger charge is -2.35. The van der Waals surface area contributed by atoms with Crippen molar-refractivity contribution in [3.63, 3.8) is 0 Å². The van der Waals surface area contributed by atoms with Gasteiger partial charge >= 0.3 is 18.1 Å². The molecule has 0 bridgehead atoms. The van der Waals surface area contributed by atoms with Crippen molar-refractivity contribution in [1.82, 2.24) is 9.55 Å². The van der Waals surface area contributed by atoms with E-state index in [-0.39, 0.29) is 62.1 Å². The van der Waals surface area contributed by atoms with Crippen LogP contribution in [-0.4, -0.2) is 91.5 Å². The zero-order chi connectivity index (χ0) is 36.3. The third-order valence-corrected chi connectivity index (χ3v) is 12.2. The molecule has 280 valence electrons. The van der Waals surface area contributed by atoms with Crippen molar-refractivity contribution in [2.24, 2.45) is 0 Å². The molecule has 0 N–H and O–H groups in total. The minimum Gasteiger partial charge on any atom is -0.463 e. The van der Waals surface area contributed by atoms with Gasteiger partial charge in [0.15, 0.2) is 0 Å². The normalized spacial score (nSPS) is 18.8. The third-order valence-electron chi connectivity index (χ3n) is 9.21. The lowest BCUT2D eigenvalue weighted by atomic mass is 9.85. The molecular weight excluding hydrogens is 713 g/mol. The fourth-order valence-electron chi connectivity index (χ4n) is 6.47. The molecule has 1 fully saturated rings. The molecule has 0 amide bonds. The summed E-state index contributed by atoms with van der Waals surface area (Å²) in [6, 6.07) is 11.4. The Balaban J connectivity index is 0.874. The number of hydrogen-bond acceptors (Lipinski definition) is 14. The van der Waals surface area contributed by atoms with Gasteiger partial charge in [0.05, 0.1) is 68.7 Å². The third kappa shape index (κ3) is 9.11. The van der Waals surface area contributed by atoms with Crippen molar-refractivity contribution in [3.8, 4) is 11.4 Å². The second-order valence-corrected chi connectivity index (χ2v) is 15.4. The molecular formula is C37H44N2O11S2. The lowest BCUT2D eigenvalue weighted by Crippen LogP contribution is -2.47. The number of rotatable bonds is 19. The molecule has 0 radical (unpaired) electrons. The van der Waals surface area contributed by atoms with Gasteiger partial charge in [-0.2, -0.15) is 0 Å². The van der Waals surface area contributed by atoms with Gasteiger partial charge in [-0.15, -0.1) is 0 Å². The van der Waals surface area contributed by atoms with E-state index in [1.54, 1.807) is 17.6 Å². The Kier molecular flexibility index (Phi) is 13.5. The maximum atomic E-state index is 13.7. The fraction of sp³-hybridized carbons (Fsp3) is 0.541. The number of pyridine rings is 2. The van der Waals surface area contributed by atoms with Crippen LogP contribution in [0.5, 0.6) is 0 Å². The van der Waals surface area contributed by atoms with Gasteiger partial charge in [0.1, 0.15) is 19.8 Å². The van der Waals surface area contributed by atoms with Crippen LogP contribution in [0.3, 0.4) is 0 Å². The highest BCUT2D eigenvalue weighted by atomic mass is 33.1. The number of fused-ring (bicyclic) bond motifs is 5. The molecule has 0 aliphatic carbocycles. The number of carbonyl (C=O) groups excluding carboxylic acids is 3. The number of hydrogen-bond donors (Lipinski definition) is 0. The summed E-state index contributed by atoms with van der Waals surface area (Å²) >= 11 is 0. The Morgan fingerprint density at radius 3 is 2.42 bits per heavy atom. The summed E-state index contributed by atoms with van der Waals surface area (Å²) in [5.41, 5.74) is 1.20. The number of esters is 2. The number of carbonyl (C=O) groups is 3. The minimum atomic E-state index is -1.86. The van der Waals surface area contributed by atoms with Gasteiger partial charge < -0.3 is 37.7 Å². The molecule has 13 nitrogen and oxygen atoms in total. The van der Waals surface area contributed by atoms with E-state index in [0.29, 0.717) is 50.8 Å². The Morgan fingerprint density at radius 2 is 1.69 bits per heavy atom. The van der Waals surface area contributed by atoms with Crippen molar-refractivity contribution >= 4 is 50.6 Å². The molecule has 3 aliphatic heterocycles. The smallest absolute Gasteiger partial charge is 0.463 e. The summed E-state index contributed by atoms with van der Waals surface area (Å²) in [6.07, 6.45) is 3.72. The van der Waals surface area contributed by atoms with Gasteiger partial charge in [-0.25, -0.2) is 14.6 Å². The first-order valence-electron chi connectivity index (χ1n) is 17.8. The van der Waals surface area contributed by atoms with Crippen LogP contribution in [0, 0.1) is 0 Å². The summed E-state index contributed by atoms with van der Waals surface area (Å²) < 4.78 is 39.5. The number of cyclic esters (lactones) is 1. The van der Waals surface area contributed by atoms with E-state index in [4.69, 9.17) is 38.1 Å². The SMILES string of the molecule is CC[C@@]1(OC(=O)OCCOCCOCCOCCOC(=O)CCCC[C@@H]2CCSS2)C(=O)OCc2c1cc1n(c2=O)Cc2cc3ccccc3nc2-1. The van der Waals surface area contributed by atoms with Crippen LogP contribution < -0.4 is 5.56 Å². The van der Waals surface area contributed by atoms with Gasteiger partial charge in [0.2, 0.25) is 5.60 Å². The first-order chi connectivity index (χ1) is 25.4. The van der Waals surface area contributed by atoms with E-state index in [1.807, 2.05) is 51.9 Å². The van der Waals surface area contributed by atoms with Crippen LogP contribution >= 0.6 is 21.6 Å². The lowest BCUT2D eigenvalue weighted by molar-refractivity contribution is -0.175. The molecule has 2 aromatic heterocycles. The predicted octanol–water partition coefficient (Wildman–Crippen LogP) is 5.55. The number of para-hydroxylation sites is 1. The van der Waals surface area contributed by atoms with Crippen LogP contribution in [0.1, 0.15) is 62.1 Å². The quantitative estimate of drug-likeness (QED) is 0.0509. The Morgan fingerprint density at radius 1 is 0.962 bits per heavy atom. The number of unbranched alkanes of at least 4 members (excludes halogenated alkanes) is 1. The predicted molar refractivity (Wildman–Crippen MR) is 195 cm³/mol. The van der Waals surface area contributed by atoms with E-state index >= 15 is 0 Å². The summed E-state index contributed by atoms with van der Waals surface area (Å²) in [6.45, 7) is 3.51. The summed E-state index contributed by atoms with van der Waals surface area (Å²) in [5, 5.41) is 1.69. The number of aromatic nitrogens is 2. The van der Waals surface area contributed by atoms with E-state index in [9.17, 15) is 19.2 Å². The minimum absolute atomic E-state index is 0.0245. The molecule has 0 spiro atoms. The Bertz CT molecular complexity index is 1800. The monoisotopic (exact) mass is 756 g/mol. The molecule has 5 heterocycles. The van der Waals surface area contributed by atoms with Gasteiger partial charge in [-0.05, 0) is 43.9 Å². The average Bonchev–Trinajstić information content (AvgIpc) is 3.80. The highest BCUT2D eigenvalue weighted by Crippen LogP contribution is 2.41. The second kappa shape index (κ2) is 18.4. The number of nitrogens with zero attached hydrogens (tertiary/aromatic N) is 2. The molecule has 6 rings (SSSR count). The van der Waals surface area contributed by atoms with E-state index in [2.05, 4.69) is 0 Å². The summed E-state index contributed by atoms with van der Waals surface area (Å²) in [7, 11) is 3.90. The molecule has 15 heteroatoms. The van der Waals surface area contributed by atoms with Gasteiger partial charge in [-0.1, -0.05) is 53.1 Å². The average molecular weight is 757 g/mol. The maximum absolute atomic E-state index is 13.7. The van der Waals surface area contributed by atoms with Gasteiger partial charge in [0.25, 0.3) is 5.56 Å². The highest BCUT2D eigenvalue weighted by Gasteiger charge is 2.51. The van der Waals surface area contributed by atoms with Crippen molar-refractivity contribution < 1.29 is 47.5 Å². The molecule has 52 heavy (non-hydrogen) atoms. The zero-order valence-electron chi connectivity index (χ0n) is 29.3. The maximum Gasteiger partial charge on any atom is 0.509 e. The Labute approximate surface area is 309 Å². The van der Waals surface area contributed by atoms with Crippen LogP contribution in [0.15, 0.2) is 41.2 Å². The van der Waals surface area contributed by atoms with Crippen molar-refractivity contribution in [2.75, 3.05) is 58.6 Å². The highest BCUT2D eigenvalue weighted by molar-refractivity contribution is 8.77. The van der Waals surface area contributed by atoms with Crippen LogP contribution in [0.4, 0.5) is 4.79 Å². The first kappa shape index (κ1) is 38.1. The summed E-state index contributed by atoms with van der Waals surface area (Å²) in [4.78, 5) is 56.4. The van der Waals surface area contributed by atoms with E-state index in [1.165, 1.54) is 12.2 Å². The zero-order valence-corrected chi connectivity index (χ0v) is 30.9. The van der Waals surface area contributed by atoms with Gasteiger partial charge in [-0.3, -0.25) is 9.59 Å². The second-order valence-electron chi connectivity index (χ2n) is 12.6. The molecule has 3 aliphatic rings. The molecule has 1 saturated heterocycles.